The topological polar surface area (TPSA) is 72.7 Å². The number of rotatable bonds is 0. The Balaban J connectivity index is 3.16. The van der Waals surface area contributed by atoms with Crippen molar-refractivity contribution in [2.24, 2.45) is 0 Å². The third-order valence-corrected chi connectivity index (χ3v) is 1.50. The summed E-state index contributed by atoms with van der Waals surface area (Å²) in [5.74, 6) is 0.471. The van der Waals surface area contributed by atoms with E-state index in [0.717, 1.165) is 0 Å². The molecule has 1 rings (SSSR count). The van der Waals surface area contributed by atoms with Gasteiger partial charge in [-0.1, -0.05) is 20.8 Å². The molecular formula is C8H11N3O. The second-order valence-corrected chi connectivity index (χ2v) is 3.64. The van der Waals surface area contributed by atoms with E-state index < -0.39 is 0 Å². The standard InChI is InChI=1S/C8H11N3O/c1-8(2,3)7-10-5(4-9)6(12)11-7/h12H,1-3H3,(H,10,11). The summed E-state index contributed by atoms with van der Waals surface area (Å²) in [6, 6.07) is 1.80. The predicted molar refractivity (Wildman–Crippen MR) is 43.7 cm³/mol. The van der Waals surface area contributed by atoms with Crippen molar-refractivity contribution in [3.63, 3.8) is 0 Å². The quantitative estimate of drug-likeness (QED) is 0.608. The number of nitriles is 1. The lowest BCUT2D eigenvalue weighted by Crippen LogP contribution is -2.13. The lowest BCUT2D eigenvalue weighted by Gasteiger charge is -2.13. The fourth-order valence-corrected chi connectivity index (χ4v) is 0.797. The fraction of sp³-hybridized carbons (Fsp3) is 0.500. The molecule has 0 atom stereocenters. The lowest BCUT2D eigenvalue weighted by molar-refractivity contribution is 0.448. The zero-order chi connectivity index (χ0) is 9.35. The van der Waals surface area contributed by atoms with Crippen LogP contribution in [0.3, 0.4) is 0 Å². The Kier molecular flexibility index (Phi) is 1.81. The average Bonchev–Trinajstić information content (AvgIpc) is 2.29. The lowest BCUT2D eigenvalue weighted by atomic mass is 9.96. The molecule has 0 radical (unpaired) electrons. The number of nitrogens with one attached hydrogen (secondary N) is 1. The Morgan fingerprint density at radius 3 is 2.33 bits per heavy atom. The van der Waals surface area contributed by atoms with E-state index in [2.05, 4.69) is 9.97 Å². The van der Waals surface area contributed by atoms with Gasteiger partial charge in [-0.2, -0.15) is 5.26 Å². The molecular weight excluding hydrogens is 154 g/mol. The molecule has 0 aliphatic heterocycles. The van der Waals surface area contributed by atoms with Gasteiger partial charge in [-0.3, -0.25) is 0 Å². The molecule has 2 N–H and O–H groups in total. The number of aromatic nitrogens is 2. The van der Waals surface area contributed by atoms with E-state index in [-0.39, 0.29) is 17.0 Å². The van der Waals surface area contributed by atoms with Crippen molar-refractivity contribution in [2.45, 2.75) is 26.2 Å². The van der Waals surface area contributed by atoms with Crippen LogP contribution in [-0.4, -0.2) is 15.1 Å². The molecule has 4 heteroatoms. The van der Waals surface area contributed by atoms with Crippen LogP contribution in [0.1, 0.15) is 32.3 Å². The summed E-state index contributed by atoms with van der Waals surface area (Å²) in [6.07, 6.45) is 0. The summed E-state index contributed by atoms with van der Waals surface area (Å²) < 4.78 is 0. The van der Waals surface area contributed by atoms with Crippen molar-refractivity contribution < 1.29 is 5.11 Å². The number of nitrogens with zero attached hydrogens (tertiary/aromatic N) is 2. The van der Waals surface area contributed by atoms with Gasteiger partial charge in [-0.15, -0.1) is 0 Å². The van der Waals surface area contributed by atoms with E-state index in [9.17, 15) is 0 Å². The third kappa shape index (κ3) is 1.40. The smallest absolute Gasteiger partial charge is 0.227 e. The molecule has 0 amide bonds. The largest absolute Gasteiger partial charge is 0.492 e. The number of H-pyrrole nitrogens is 1. The molecule has 0 saturated carbocycles. The number of imidazole rings is 1. The Bertz CT molecular complexity index is 327. The van der Waals surface area contributed by atoms with Crippen LogP contribution in [0, 0.1) is 11.3 Å². The molecule has 64 valence electrons. The van der Waals surface area contributed by atoms with Crippen molar-refractivity contribution in [1.29, 1.82) is 5.26 Å². The summed E-state index contributed by atoms with van der Waals surface area (Å²) in [6.45, 7) is 5.85. The average molecular weight is 165 g/mol. The van der Waals surface area contributed by atoms with E-state index in [4.69, 9.17) is 10.4 Å². The van der Waals surface area contributed by atoms with Crippen LogP contribution in [0.5, 0.6) is 5.88 Å². The van der Waals surface area contributed by atoms with Crippen LogP contribution in [0.4, 0.5) is 0 Å². The Morgan fingerprint density at radius 1 is 1.50 bits per heavy atom. The van der Waals surface area contributed by atoms with Crippen LogP contribution in [0.2, 0.25) is 0 Å². The minimum absolute atomic E-state index is 0.0555. The molecule has 0 fully saturated rings. The van der Waals surface area contributed by atoms with Gasteiger partial charge in [0.15, 0.2) is 0 Å². The van der Waals surface area contributed by atoms with Crippen LogP contribution >= 0.6 is 0 Å². The maximum Gasteiger partial charge on any atom is 0.227 e. The Labute approximate surface area is 70.9 Å². The molecule has 1 heterocycles. The van der Waals surface area contributed by atoms with Crippen molar-refractivity contribution >= 4 is 0 Å². The highest BCUT2D eigenvalue weighted by atomic mass is 16.3. The van der Waals surface area contributed by atoms with E-state index in [1.807, 2.05) is 20.8 Å². The second kappa shape index (κ2) is 2.52. The zero-order valence-electron chi connectivity index (χ0n) is 7.34. The number of aromatic hydroxyl groups is 1. The summed E-state index contributed by atoms with van der Waals surface area (Å²) >= 11 is 0. The van der Waals surface area contributed by atoms with Gasteiger partial charge in [0.25, 0.3) is 0 Å². The first-order valence-corrected chi connectivity index (χ1v) is 3.64. The molecule has 0 aromatic carbocycles. The predicted octanol–water partition coefficient (Wildman–Crippen LogP) is 1.28. The fourth-order valence-electron chi connectivity index (χ4n) is 0.797. The highest BCUT2D eigenvalue weighted by Gasteiger charge is 2.20. The van der Waals surface area contributed by atoms with Gasteiger partial charge in [-0.25, -0.2) is 4.98 Å². The van der Waals surface area contributed by atoms with E-state index in [1.54, 1.807) is 6.07 Å². The van der Waals surface area contributed by atoms with Crippen molar-refractivity contribution in [1.82, 2.24) is 9.97 Å². The van der Waals surface area contributed by atoms with Crippen LogP contribution in [0.15, 0.2) is 0 Å². The summed E-state index contributed by atoms with van der Waals surface area (Å²) in [5, 5.41) is 17.7. The monoisotopic (exact) mass is 165 g/mol. The van der Waals surface area contributed by atoms with Crippen molar-refractivity contribution in [2.75, 3.05) is 0 Å². The molecule has 4 nitrogen and oxygen atoms in total. The second-order valence-electron chi connectivity index (χ2n) is 3.64. The van der Waals surface area contributed by atoms with Gasteiger partial charge in [0.05, 0.1) is 0 Å². The summed E-state index contributed by atoms with van der Waals surface area (Å²) in [5.41, 5.74) is -0.119. The van der Waals surface area contributed by atoms with E-state index in [1.165, 1.54) is 0 Å². The van der Waals surface area contributed by atoms with Gasteiger partial charge in [0, 0.05) is 5.41 Å². The number of hydrogen-bond donors (Lipinski definition) is 2. The number of hydrogen-bond acceptors (Lipinski definition) is 3. The first-order chi connectivity index (χ1) is 5.45. The zero-order valence-corrected chi connectivity index (χ0v) is 7.34. The first kappa shape index (κ1) is 8.60. The highest BCUT2D eigenvalue weighted by Crippen LogP contribution is 2.22. The summed E-state index contributed by atoms with van der Waals surface area (Å²) in [7, 11) is 0. The van der Waals surface area contributed by atoms with Gasteiger partial charge in [0.1, 0.15) is 11.9 Å². The molecule has 12 heavy (non-hydrogen) atoms. The van der Waals surface area contributed by atoms with Crippen LogP contribution in [-0.2, 0) is 5.41 Å². The van der Waals surface area contributed by atoms with E-state index >= 15 is 0 Å². The van der Waals surface area contributed by atoms with Gasteiger partial charge in [0.2, 0.25) is 11.6 Å². The molecule has 0 aliphatic carbocycles. The molecule has 0 aliphatic rings. The van der Waals surface area contributed by atoms with Gasteiger partial charge >= 0.3 is 0 Å². The maximum absolute atomic E-state index is 9.15. The maximum atomic E-state index is 9.15. The Morgan fingerprint density at radius 2 is 2.08 bits per heavy atom. The highest BCUT2D eigenvalue weighted by molar-refractivity contribution is 5.32. The third-order valence-electron chi connectivity index (χ3n) is 1.50. The van der Waals surface area contributed by atoms with Crippen LogP contribution in [0.25, 0.3) is 0 Å². The summed E-state index contributed by atoms with van der Waals surface area (Å²) in [4.78, 5) is 6.59. The van der Waals surface area contributed by atoms with Gasteiger partial charge < -0.3 is 10.1 Å². The minimum Gasteiger partial charge on any atom is -0.492 e. The molecule has 1 aromatic rings. The first-order valence-electron chi connectivity index (χ1n) is 3.64. The molecule has 0 spiro atoms. The molecule has 0 bridgehead atoms. The normalized spacial score (nSPS) is 11.2. The minimum atomic E-state index is -0.174. The van der Waals surface area contributed by atoms with Gasteiger partial charge in [-0.05, 0) is 0 Å². The molecule has 1 aromatic heterocycles. The van der Waals surface area contributed by atoms with Crippen molar-refractivity contribution in [3.05, 3.63) is 11.5 Å². The SMILES string of the molecule is CC(C)(C)c1nc(C#N)c(O)[nH]1. The van der Waals surface area contributed by atoms with E-state index in [0.29, 0.717) is 5.82 Å². The van der Waals surface area contributed by atoms with Crippen molar-refractivity contribution in [3.8, 4) is 11.9 Å². The van der Waals surface area contributed by atoms with Crippen LogP contribution < -0.4 is 0 Å². The molecule has 0 unspecified atom stereocenters. The Hall–Kier alpha value is -1.50. The molecule has 0 saturated heterocycles. The number of aromatic amines is 1.